The lowest BCUT2D eigenvalue weighted by atomic mass is 9.89. The van der Waals surface area contributed by atoms with Crippen molar-refractivity contribution in [2.24, 2.45) is 11.1 Å². The van der Waals surface area contributed by atoms with E-state index in [1.807, 2.05) is 13.8 Å². The third kappa shape index (κ3) is 4.00. The van der Waals surface area contributed by atoms with E-state index in [0.29, 0.717) is 17.1 Å². The summed E-state index contributed by atoms with van der Waals surface area (Å²) in [5.41, 5.74) is 5.04. The molecule has 0 unspecified atom stereocenters. The largest absolute Gasteiger partial charge is 0.387 e. The van der Waals surface area contributed by atoms with Gasteiger partial charge in [-0.05, 0) is 30.4 Å². The van der Waals surface area contributed by atoms with Crippen molar-refractivity contribution >= 4 is 17.6 Å². The molecule has 0 bridgehead atoms. The molecule has 1 rings (SSSR count). The van der Waals surface area contributed by atoms with Gasteiger partial charge < -0.3 is 5.73 Å². The molecule has 1 aromatic rings. The van der Waals surface area contributed by atoms with Crippen molar-refractivity contribution in [3.05, 3.63) is 29.8 Å². The molecule has 0 aromatic heterocycles. The van der Waals surface area contributed by atoms with E-state index in [-0.39, 0.29) is 5.84 Å². The van der Waals surface area contributed by atoms with Crippen molar-refractivity contribution in [1.82, 2.24) is 0 Å². The summed E-state index contributed by atoms with van der Waals surface area (Å²) in [5, 5.41) is 7.39. The number of rotatable bonds is 5. The lowest BCUT2D eigenvalue weighted by molar-refractivity contribution is 0.499. The maximum absolute atomic E-state index is 13.3. The van der Waals surface area contributed by atoms with Crippen LogP contribution in [0.4, 0.5) is 8.78 Å². The molecule has 1 aromatic carbocycles. The van der Waals surface area contributed by atoms with Gasteiger partial charge in [-0.1, -0.05) is 13.8 Å². The second kappa shape index (κ2) is 5.49. The molecule has 0 aliphatic carbocycles. The minimum absolute atomic E-state index is 0.109. The first-order valence-corrected chi connectivity index (χ1v) is 6.24. The fourth-order valence-corrected chi connectivity index (χ4v) is 2.37. The Morgan fingerprint density at radius 2 is 2.06 bits per heavy atom. The minimum Gasteiger partial charge on any atom is -0.387 e. The molecule has 94 valence electrons. The number of hydrogen-bond donors (Lipinski definition) is 2. The maximum Gasteiger partial charge on any atom is 0.136 e. The van der Waals surface area contributed by atoms with Gasteiger partial charge in [0.25, 0.3) is 0 Å². The molecule has 0 fully saturated rings. The van der Waals surface area contributed by atoms with Crippen LogP contribution in [0.3, 0.4) is 0 Å². The fourth-order valence-electron chi connectivity index (χ4n) is 1.14. The van der Waals surface area contributed by atoms with Gasteiger partial charge >= 0.3 is 0 Å². The number of hydrogen-bond acceptors (Lipinski definition) is 2. The molecule has 0 amide bonds. The van der Waals surface area contributed by atoms with Gasteiger partial charge in [-0.15, -0.1) is 11.8 Å². The van der Waals surface area contributed by atoms with Crippen LogP contribution in [0.5, 0.6) is 0 Å². The molecule has 0 spiro atoms. The molecule has 0 saturated carbocycles. The summed E-state index contributed by atoms with van der Waals surface area (Å²) in [6, 6.07) is 3.40. The van der Waals surface area contributed by atoms with Crippen molar-refractivity contribution in [2.45, 2.75) is 25.2 Å². The molecule has 0 saturated heterocycles. The number of halogens is 2. The highest BCUT2D eigenvalue weighted by Crippen LogP contribution is 2.28. The van der Waals surface area contributed by atoms with E-state index in [1.54, 1.807) is 0 Å². The fraction of sp³-hybridized carbons (Fsp3) is 0.417. The molecular formula is C12H16F2N2S. The molecule has 0 radical (unpaired) electrons. The number of nitrogens with one attached hydrogen (secondary N) is 1. The lowest BCUT2D eigenvalue weighted by Crippen LogP contribution is -2.31. The van der Waals surface area contributed by atoms with Crippen LogP contribution in [0.25, 0.3) is 0 Å². The highest BCUT2D eigenvalue weighted by Gasteiger charge is 2.21. The van der Waals surface area contributed by atoms with Crippen molar-refractivity contribution < 1.29 is 8.78 Å². The molecule has 2 nitrogen and oxygen atoms in total. The van der Waals surface area contributed by atoms with Crippen LogP contribution in [-0.2, 0) is 0 Å². The van der Waals surface area contributed by atoms with E-state index in [2.05, 4.69) is 0 Å². The predicted octanol–water partition coefficient (Wildman–Crippen LogP) is 3.41. The van der Waals surface area contributed by atoms with Gasteiger partial charge in [-0.3, -0.25) is 5.41 Å². The quantitative estimate of drug-likeness (QED) is 0.483. The lowest BCUT2D eigenvalue weighted by Gasteiger charge is -2.22. The van der Waals surface area contributed by atoms with Gasteiger partial charge in [0.15, 0.2) is 0 Å². The number of thioether (sulfide) groups is 1. The maximum atomic E-state index is 13.3. The monoisotopic (exact) mass is 258 g/mol. The number of benzene rings is 1. The predicted molar refractivity (Wildman–Crippen MR) is 67.4 cm³/mol. The number of amidine groups is 1. The van der Waals surface area contributed by atoms with Gasteiger partial charge in [-0.25, -0.2) is 8.78 Å². The van der Waals surface area contributed by atoms with E-state index < -0.39 is 17.0 Å². The van der Waals surface area contributed by atoms with Gasteiger partial charge in [0, 0.05) is 10.3 Å². The van der Waals surface area contributed by atoms with Crippen LogP contribution in [0.1, 0.15) is 20.3 Å². The van der Waals surface area contributed by atoms with E-state index in [1.165, 1.54) is 17.8 Å². The highest BCUT2D eigenvalue weighted by molar-refractivity contribution is 7.99. The van der Waals surface area contributed by atoms with Gasteiger partial charge in [0.1, 0.15) is 11.6 Å². The standard InChI is InChI=1S/C12H16F2N2S/c1-12(2,11(15)16)5-6-17-10-7-8(13)3-4-9(10)14/h3-4,7H,5-6H2,1-2H3,(H3,15,16). The van der Waals surface area contributed by atoms with Gasteiger partial charge in [0.2, 0.25) is 0 Å². The van der Waals surface area contributed by atoms with Crippen LogP contribution in [0, 0.1) is 22.5 Å². The summed E-state index contributed by atoms with van der Waals surface area (Å²) in [6.07, 6.45) is 0.642. The zero-order valence-electron chi connectivity index (χ0n) is 9.89. The normalized spacial score (nSPS) is 11.5. The molecule has 3 N–H and O–H groups in total. The SMILES string of the molecule is CC(C)(CCSc1cc(F)ccc1F)C(=N)N. The van der Waals surface area contributed by atoms with E-state index >= 15 is 0 Å². The summed E-state index contributed by atoms with van der Waals surface area (Å²) >= 11 is 1.24. The van der Waals surface area contributed by atoms with E-state index in [0.717, 1.165) is 12.1 Å². The second-order valence-electron chi connectivity index (χ2n) is 4.47. The Balaban J connectivity index is 2.57. The Hall–Kier alpha value is -1.10. The first-order chi connectivity index (χ1) is 7.83. The van der Waals surface area contributed by atoms with Crippen LogP contribution in [0.2, 0.25) is 0 Å². The van der Waals surface area contributed by atoms with Crippen molar-refractivity contribution in [3.8, 4) is 0 Å². The van der Waals surface area contributed by atoms with Crippen molar-refractivity contribution in [3.63, 3.8) is 0 Å². The van der Waals surface area contributed by atoms with Gasteiger partial charge in [-0.2, -0.15) is 0 Å². The van der Waals surface area contributed by atoms with Crippen LogP contribution < -0.4 is 5.73 Å². The molecule has 0 heterocycles. The summed E-state index contributed by atoms with van der Waals surface area (Å²) in [6.45, 7) is 3.72. The third-order valence-electron chi connectivity index (χ3n) is 2.61. The summed E-state index contributed by atoms with van der Waals surface area (Å²) in [4.78, 5) is 0.296. The van der Waals surface area contributed by atoms with Crippen molar-refractivity contribution in [2.75, 3.05) is 5.75 Å². The zero-order valence-corrected chi connectivity index (χ0v) is 10.7. The zero-order chi connectivity index (χ0) is 13.1. The molecule has 0 atom stereocenters. The summed E-state index contributed by atoms with van der Waals surface area (Å²) < 4.78 is 26.2. The smallest absolute Gasteiger partial charge is 0.136 e. The van der Waals surface area contributed by atoms with Crippen LogP contribution >= 0.6 is 11.8 Å². The minimum atomic E-state index is -0.445. The van der Waals surface area contributed by atoms with Crippen LogP contribution in [-0.4, -0.2) is 11.6 Å². The summed E-state index contributed by atoms with van der Waals surface area (Å²) in [7, 11) is 0. The summed E-state index contributed by atoms with van der Waals surface area (Å²) in [5.74, 6) is -0.165. The van der Waals surface area contributed by atoms with Crippen molar-refractivity contribution in [1.29, 1.82) is 5.41 Å². The Labute approximate surface area is 104 Å². The Morgan fingerprint density at radius 3 is 2.65 bits per heavy atom. The molecule has 17 heavy (non-hydrogen) atoms. The first kappa shape index (κ1) is 14.0. The van der Waals surface area contributed by atoms with Crippen LogP contribution in [0.15, 0.2) is 23.1 Å². The molecule has 5 heteroatoms. The Morgan fingerprint density at radius 1 is 1.41 bits per heavy atom. The molecule has 0 aliphatic rings. The van der Waals surface area contributed by atoms with E-state index in [9.17, 15) is 8.78 Å². The average Bonchev–Trinajstić information content (AvgIpc) is 2.22. The second-order valence-corrected chi connectivity index (χ2v) is 5.61. The first-order valence-electron chi connectivity index (χ1n) is 5.25. The number of nitrogens with two attached hydrogens (primary N) is 1. The average molecular weight is 258 g/mol. The van der Waals surface area contributed by atoms with E-state index in [4.69, 9.17) is 11.1 Å². The third-order valence-corrected chi connectivity index (χ3v) is 3.64. The van der Waals surface area contributed by atoms with Gasteiger partial charge in [0.05, 0.1) is 5.84 Å². The Kier molecular flexibility index (Phi) is 4.51. The molecule has 0 aliphatic heterocycles. The molecular weight excluding hydrogens is 242 g/mol. The topological polar surface area (TPSA) is 49.9 Å². The Bertz CT molecular complexity index is 419. The highest BCUT2D eigenvalue weighted by atomic mass is 32.2.